The summed E-state index contributed by atoms with van der Waals surface area (Å²) in [5, 5.41) is 3.32. The molecule has 0 aliphatic rings. The summed E-state index contributed by atoms with van der Waals surface area (Å²) in [5.41, 5.74) is 0.746. The third-order valence-corrected chi connectivity index (χ3v) is 4.29. The lowest BCUT2D eigenvalue weighted by molar-refractivity contribution is -0.137. The van der Waals surface area contributed by atoms with Crippen molar-refractivity contribution in [3.05, 3.63) is 70.2 Å². The number of nitrogens with one attached hydrogen (secondary N) is 1. The van der Waals surface area contributed by atoms with Crippen molar-refractivity contribution in [3.63, 3.8) is 0 Å². The Balaban J connectivity index is 1.84. The summed E-state index contributed by atoms with van der Waals surface area (Å²) in [7, 11) is 1.53. The summed E-state index contributed by atoms with van der Waals surface area (Å²) >= 11 is 6.13. The van der Waals surface area contributed by atoms with Crippen molar-refractivity contribution in [1.82, 2.24) is 5.32 Å². The third-order valence-electron chi connectivity index (χ3n) is 3.94. The second kappa shape index (κ2) is 9.05. The van der Waals surface area contributed by atoms with Crippen LogP contribution < -0.4 is 5.32 Å². The van der Waals surface area contributed by atoms with Crippen molar-refractivity contribution in [1.29, 1.82) is 0 Å². The SMILES string of the molecule is CO[C@@H](CNC(=O)CCc1ccc(C(F)(F)F)cc1)c1ccccc1Cl. The number of carbonyl (C=O) groups excluding carboxylic acids is 1. The van der Waals surface area contributed by atoms with Crippen molar-refractivity contribution >= 4 is 17.5 Å². The van der Waals surface area contributed by atoms with Crippen LogP contribution in [0.4, 0.5) is 13.2 Å². The van der Waals surface area contributed by atoms with Crippen molar-refractivity contribution in [2.45, 2.75) is 25.1 Å². The highest BCUT2D eigenvalue weighted by molar-refractivity contribution is 6.31. The number of halogens is 4. The first-order valence-corrected chi connectivity index (χ1v) is 8.39. The Kier molecular flexibility index (Phi) is 7.06. The Morgan fingerprint density at radius 3 is 2.38 bits per heavy atom. The molecule has 0 aliphatic heterocycles. The van der Waals surface area contributed by atoms with Gasteiger partial charge >= 0.3 is 6.18 Å². The lowest BCUT2D eigenvalue weighted by atomic mass is 10.1. The first-order chi connectivity index (χ1) is 12.3. The van der Waals surface area contributed by atoms with Crippen LogP contribution in [0.2, 0.25) is 5.02 Å². The van der Waals surface area contributed by atoms with E-state index in [1.807, 2.05) is 12.1 Å². The Hall–Kier alpha value is -2.05. The molecule has 3 nitrogen and oxygen atoms in total. The largest absolute Gasteiger partial charge is 0.416 e. The van der Waals surface area contributed by atoms with Gasteiger partial charge in [0.25, 0.3) is 0 Å². The molecule has 2 rings (SSSR count). The van der Waals surface area contributed by atoms with Gasteiger partial charge < -0.3 is 10.1 Å². The van der Waals surface area contributed by atoms with E-state index in [1.54, 1.807) is 12.1 Å². The highest BCUT2D eigenvalue weighted by Gasteiger charge is 2.29. The molecule has 0 saturated heterocycles. The van der Waals surface area contributed by atoms with Crippen LogP contribution in [-0.2, 0) is 22.1 Å². The van der Waals surface area contributed by atoms with Crippen LogP contribution in [-0.4, -0.2) is 19.6 Å². The van der Waals surface area contributed by atoms with E-state index in [-0.39, 0.29) is 25.0 Å². The maximum atomic E-state index is 12.5. The summed E-state index contributed by atoms with van der Waals surface area (Å²) in [5.74, 6) is -0.209. The fourth-order valence-electron chi connectivity index (χ4n) is 2.47. The Morgan fingerprint density at radius 1 is 1.15 bits per heavy atom. The van der Waals surface area contributed by atoms with Gasteiger partial charge in [0.05, 0.1) is 5.56 Å². The van der Waals surface area contributed by atoms with Crippen molar-refractivity contribution < 1.29 is 22.7 Å². The van der Waals surface area contributed by atoms with Crippen molar-refractivity contribution in [2.75, 3.05) is 13.7 Å². The zero-order valence-electron chi connectivity index (χ0n) is 14.1. The molecule has 1 atom stereocenters. The number of ether oxygens (including phenoxy) is 1. The molecule has 0 unspecified atom stereocenters. The highest BCUT2D eigenvalue weighted by atomic mass is 35.5. The summed E-state index contributed by atoms with van der Waals surface area (Å²) in [6.45, 7) is 0.256. The van der Waals surface area contributed by atoms with E-state index in [9.17, 15) is 18.0 Å². The number of alkyl halides is 3. The number of amides is 1. The second-order valence-corrected chi connectivity index (χ2v) is 6.15. The molecule has 0 bridgehead atoms. The highest BCUT2D eigenvalue weighted by Crippen LogP contribution is 2.29. The zero-order chi connectivity index (χ0) is 19.2. The van der Waals surface area contributed by atoms with Gasteiger partial charge in [0.2, 0.25) is 5.91 Å². The minimum atomic E-state index is -4.36. The lowest BCUT2D eigenvalue weighted by Gasteiger charge is -2.17. The van der Waals surface area contributed by atoms with E-state index in [0.29, 0.717) is 17.0 Å². The maximum Gasteiger partial charge on any atom is 0.416 e. The van der Waals surface area contributed by atoms with E-state index in [4.69, 9.17) is 16.3 Å². The summed E-state index contributed by atoms with van der Waals surface area (Å²) in [6.07, 6.45) is -4.21. The molecule has 0 heterocycles. The molecule has 0 aromatic heterocycles. The quantitative estimate of drug-likeness (QED) is 0.743. The molecule has 7 heteroatoms. The molecule has 140 valence electrons. The van der Waals surface area contributed by atoms with Crippen molar-refractivity contribution in [3.8, 4) is 0 Å². The lowest BCUT2D eigenvalue weighted by Crippen LogP contribution is -2.29. The zero-order valence-corrected chi connectivity index (χ0v) is 14.9. The molecule has 2 aromatic carbocycles. The van der Waals surface area contributed by atoms with Gasteiger partial charge in [-0.15, -0.1) is 0 Å². The van der Waals surface area contributed by atoms with Crippen LogP contribution in [0, 0.1) is 0 Å². The van der Waals surface area contributed by atoms with Gasteiger partial charge in [0, 0.05) is 30.7 Å². The first kappa shape index (κ1) is 20.3. The van der Waals surface area contributed by atoms with Crippen LogP contribution in [0.3, 0.4) is 0 Å². The molecule has 1 amide bonds. The number of methoxy groups -OCH3 is 1. The van der Waals surface area contributed by atoms with Crippen molar-refractivity contribution in [2.24, 2.45) is 0 Å². The minimum Gasteiger partial charge on any atom is -0.375 e. The average Bonchev–Trinajstić information content (AvgIpc) is 2.61. The van der Waals surface area contributed by atoms with E-state index in [0.717, 1.165) is 17.7 Å². The summed E-state index contributed by atoms with van der Waals surface area (Å²) in [4.78, 5) is 12.0. The summed E-state index contributed by atoms with van der Waals surface area (Å²) in [6, 6.07) is 12.0. The van der Waals surface area contributed by atoms with Crippen LogP contribution in [0.15, 0.2) is 48.5 Å². The molecule has 0 fully saturated rings. The molecule has 0 radical (unpaired) electrons. The van der Waals surface area contributed by atoms with Gasteiger partial charge in [0.1, 0.15) is 6.10 Å². The Labute approximate surface area is 155 Å². The Morgan fingerprint density at radius 2 is 1.81 bits per heavy atom. The molecular formula is C19H19ClF3NO2. The summed E-state index contributed by atoms with van der Waals surface area (Å²) < 4.78 is 42.9. The number of rotatable bonds is 7. The molecule has 1 N–H and O–H groups in total. The van der Waals surface area contributed by atoms with Crippen LogP contribution >= 0.6 is 11.6 Å². The van der Waals surface area contributed by atoms with E-state index in [1.165, 1.54) is 19.2 Å². The van der Waals surface area contributed by atoms with Gasteiger partial charge in [-0.25, -0.2) is 0 Å². The Bertz CT molecular complexity index is 732. The van der Waals surface area contributed by atoms with Crippen LogP contribution in [0.25, 0.3) is 0 Å². The van der Waals surface area contributed by atoms with Crippen LogP contribution in [0.5, 0.6) is 0 Å². The predicted octanol–water partition coefficient (Wildman–Crippen LogP) is 4.80. The predicted molar refractivity (Wildman–Crippen MR) is 94.0 cm³/mol. The third kappa shape index (κ3) is 5.75. The normalized spacial score (nSPS) is 12.7. The van der Waals surface area contributed by atoms with Gasteiger partial charge in [-0.2, -0.15) is 13.2 Å². The molecule has 26 heavy (non-hydrogen) atoms. The molecule has 2 aromatic rings. The number of benzene rings is 2. The van der Waals surface area contributed by atoms with Gasteiger partial charge in [0.15, 0.2) is 0 Å². The van der Waals surface area contributed by atoms with Crippen LogP contribution in [0.1, 0.15) is 29.2 Å². The monoisotopic (exact) mass is 385 g/mol. The van der Waals surface area contributed by atoms with E-state index in [2.05, 4.69) is 5.32 Å². The fourth-order valence-corrected chi connectivity index (χ4v) is 2.73. The molecule has 0 spiro atoms. The van der Waals surface area contributed by atoms with E-state index >= 15 is 0 Å². The number of hydrogen-bond acceptors (Lipinski definition) is 2. The fraction of sp³-hybridized carbons (Fsp3) is 0.316. The van der Waals surface area contributed by atoms with E-state index < -0.39 is 11.7 Å². The van der Waals surface area contributed by atoms with Gasteiger partial charge in [-0.1, -0.05) is 41.9 Å². The standard InChI is InChI=1S/C19H19ClF3NO2/c1-26-17(15-4-2-3-5-16(15)20)12-24-18(25)11-8-13-6-9-14(10-7-13)19(21,22)23/h2-7,9-10,17H,8,11-12H2,1H3,(H,24,25)/t17-/m0/s1. The average molecular weight is 386 g/mol. The number of aryl methyl sites for hydroxylation is 1. The molecule has 0 saturated carbocycles. The smallest absolute Gasteiger partial charge is 0.375 e. The maximum absolute atomic E-state index is 12.5. The second-order valence-electron chi connectivity index (χ2n) is 5.74. The number of hydrogen-bond donors (Lipinski definition) is 1. The van der Waals surface area contributed by atoms with Gasteiger partial charge in [-0.05, 0) is 30.2 Å². The first-order valence-electron chi connectivity index (χ1n) is 8.01. The number of carbonyl (C=O) groups is 1. The minimum absolute atomic E-state index is 0.171. The van der Waals surface area contributed by atoms with Gasteiger partial charge in [-0.3, -0.25) is 4.79 Å². The molecular weight excluding hydrogens is 367 g/mol. The topological polar surface area (TPSA) is 38.3 Å². The molecule has 0 aliphatic carbocycles.